The Labute approximate surface area is 361 Å². The number of aryl methyl sites for hydroxylation is 2. The van der Waals surface area contributed by atoms with E-state index < -0.39 is 79.5 Å². The zero-order chi connectivity index (χ0) is 45.0. The molecule has 0 unspecified atom stereocenters. The molecule has 2 aromatic carbocycles. The van der Waals surface area contributed by atoms with Crippen molar-refractivity contribution in [3.8, 4) is 0 Å². The lowest BCUT2D eigenvalue weighted by molar-refractivity contribution is -0.119. The Balaban J connectivity index is 0.000000186. The van der Waals surface area contributed by atoms with Crippen molar-refractivity contribution < 1.29 is 46.0 Å². The Morgan fingerprint density at radius 2 is 0.952 bits per heavy atom. The summed E-state index contributed by atoms with van der Waals surface area (Å²) >= 11 is 0. The number of ketones is 2. The van der Waals surface area contributed by atoms with Gasteiger partial charge in [-0.1, -0.05) is 12.1 Å². The summed E-state index contributed by atoms with van der Waals surface area (Å²) in [5.41, 5.74) is 3.59. The van der Waals surface area contributed by atoms with Crippen molar-refractivity contribution in [1.29, 1.82) is 0 Å². The Hall–Kier alpha value is -5.62. The van der Waals surface area contributed by atoms with Crippen LogP contribution in [0.15, 0.2) is 36.4 Å². The molecule has 14 nitrogen and oxygen atoms in total. The van der Waals surface area contributed by atoms with E-state index in [4.69, 9.17) is 0 Å². The maximum absolute atomic E-state index is 13.9. The van der Waals surface area contributed by atoms with Crippen LogP contribution < -0.4 is 21.3 Å². The quantitative estimate of drug-likeness (QED) is 0.132. The standard InChI is InChI=1S/2C22H24FN3O4S/c2*1-12-6-7-14(9-15(12)23)24-20(28)18-13(2)17(16-5-4-8-26(16)18)19(27)21(29)25-22(3)10-31(30)11-22/h2*6-7,9H,4-5,8,10-11H2,1-3H3,(H,24,28)(H,25,29). The number of amides is 4. The Morgan fingerprint density at radius 3 is 1.27 bits per heavy atom. The van der Waals surface area contributed by atoms with E-state index in [2.05, 4.69) is 21.3 Å². The average molecular weight is 891 g/mol. The highest BCUT2D eigenvalue weighted by molar-refractivity contribution is 7.87. The highest BCUT2D eigenvalue weighted by Crippen LogP contribution is 2.33. The number of nitrogens with zero attached hydrogens (tertiary/aromatic N) is 2. The molecule has 4 amide bonds. The third-order valence-electron chi connectivity index (χ3n) is 11.7. The molecule has 0 bridgehead atoms. The second-order valence-electron chi connectivity index (χ2n) is 17.1. The number of nitrogens with one attached hydrogen (secondary N) is 4. The van der Waals surface area contributed by atoms with E-state index in [1.807, 2.05) is 0 Å². The van der Waals surface area contributed by atoms with Crippen molar-refractivity contribution in [2.24, 2.45) is 0 Å². The molecule has 8 rings (SSSR count). The number of benzene rings is 2. The molecular weight excluding hydrogens is 843 g/mol. The minimum Gasteiger partial charge on any atom is -0.342 e. The number of rotatable bonds is 10. The first-order chi connectivity index (χ1) is 29.2. The topological polar surface area (TPSA) is 195 Å². The number of hydrogen-bond donors (Lipinski definition) is 4. The largest absolute Gasteiger partial charge is 0.342 e. The van der Waals surface area contributed by atoms with Crippen LogP contribution in [0.2, 0.25) is 0 Å². The lowest BCUT2D eigenvalue weighted by Crippen LogP contribution is -2.62. The van der Waals surface area contributed by atoms with Crippen LogP contribution >= 0.6 is 0 Å². The van der Waals surface area contributed by atoms with Crippen molar-refractivity contribution >= 4 is 68.2 Å². The molecule has 0 spiro atoms. The van der Waals surface area contributed by atoms with Crippen LogP contribution in [0.1, 0.15) is 102 Å². The fourth-order valence-electron chi connectivity index (χ4n) is 8.72. The lowest BCUT2D eigenvalue weighted by atomic mass is 10.0. The summed E-state index contributed by atoms with van der Waals surface area (Å²) in [6.45, 7) is 11.2. The van der Waals surface area contributed by atoms with Gasteiger partial charge in [0, 0.05) is 80.5 Å². The number of anilines is 2. The third-order valence-corrected chi connectivity index (χ3v) is 15.6. The number of fused-ring (bicyclic) bond motifs is 2. The van der Waals surface area contributed by atoms with E-state index in [9.17, 15) is 46.0 Å². The van der Waals surface area contributed by atoms with Crippen LogP contribution in [0.3, 0.4) is 0 Å². The van der Waals surface area contributed by atoms with Crippen LogP contribution in [0, 0.1) is 39.3 Å². The van der Waals surface area contributed by atoms with E-state index >= 15 is 0 Å². The number of hydrogen-bond acceptors (Lipinski definition) is 8. The molecule has 2 aromatic heterocycles. The molecule has 4 aromatic rings. The monoisotopic (exact) mass is 890 g/mol. The summed E-state index contributed by atoms with van der Waals surface area (Å²) in [6, 6.07) is 8.88. The average Bonchev–Trinajstić information content (AvgIpc) is 3.94. The minimum absolute atomic E-state index is 0.249. The fourth-order valence-corrected chi connectivity index (χ4v) is 11.7. The second kappa shape index (κ2) is 16.9. The third kappa shape index (κ3) is 8.58. The highest BCUT2D eigenvalue weighted by atomic mass is 32.2. The van der Waals surface area contributed by atoms with E-state index in [0.29, 0.717) is 105 Å². The zero-order valence-electron chi connectivity index (χ0n) is 35.3. The predicted molar refractivity (Wildman–Crippen MR) is 231 cm³/mol. The van der Waals surface area contributed by atoms with Crippen molar-refractivity contribution in [2.45, 2.75) is 91.4 Å². The molecule has 0 radical (unpaired) electrons. The van der Waals surface area contributed by atoms with Gasteiger partial charge in [-0.25, -0.2) is 8.78 Å². The van der Waals surface area contributed by atoms with E-state index in [1.54, 1.807) is 74.9 Å². The van der Waals surface area contributed by atoms with Gasteiger partial charge in [0.05, 0.1) is 22.2 Å². The van der Waals surface area contributed by atoms with Crippen LogP contribution in [-0.2, 0) is 57.1 Å². The maximum Gasteiger partial charge on any atom is 0.292 e. The van der Waals surface area contributed by atoms with Crippen LogP contribution in [0.5, 0.6) is 0 Å². The molecular formula is C44H48F2N6O8S2. The van der Waals surface area contributed by atoms with Crippen molar-refractivity contribution in [2.75, 3.05) is 33.6 Å². The van der Waals surface area contributed by atoms with Gasteiger partial charge in [0.2, 0.25) is 0 Å². The summed E-state index contributed by atoms with van der Waals surface area (Å²) in [4.78, 5) is 77.3. The van der Waals surface area contributed by atoms with Gasteiger partial charge in [-0.3, -0.25) is 37.2 Å². The van der Waals surface area contributed by atoms with Crippen LogP contribution in [-0.4, -0.2) is 86.8 Å². The van der Waals surface area contributed by atoms with Crippen molar-refractivity contribution in [3.63, 3.8) is 0 Å². The molecule has 18 heteroatoms. The fraction of sp³-hybridized carbons (Fsp3) is 0.409. The first kappa shape index (κ1) is 44.4. The number of aromatic nitrogens is 2. The van der Waals surface area contributed by atoms with E-state index in [-0.39, 0.29) is 11.1 Å². The predicted octanol–water partition coefficient (Wildman–Crippen LogP) is 4.52. The summed E-state index contributed by atoms with van der Waals surface area (Å²) < 4.78 is 54.1. The van der Waals surface area contributed by atoms with Crippen molar-refractivity contribution in [1.82, 2.24) is 19.8 Å². The van der Waals surface area contributed by atoms with Crippen LogP contribution in [0.25, 0.3) is 0 Å². The molecule has 62 heavy (non-hydrogen) atoms. The van der Waals surface area contributed by atoms with E-state index in [1.165, 1.54) is 12.1 Å². The molecule has 4 aliphatic heterocycles. The zero-order valence-corrected chi connectivity index (χ0v) is 36.9. The van der Waals surface area contributed by atoms with Gasteiger partial charge in [-0.2, -0.15) is 0 Å². The number of carbonyl (C=O) groups is 6. The van der Waals surface area contributed by atoms with Crippen molar-refractivity contribution in [3.05, 3.63) is 104 Å². The van der Waals surface area contributed by atoms with Gasteiger partial charge < -0.3 is 30.4 Å². The maximum atomic E-state index is 13.9. The van der Waals surface area contributed by atoms with Gasteiger partial charge in [-0.05, 0) is 114 Å². The first-order valence-electron chi connectivity index (χ1n) is 20.2. The summed E-state index contributed by atoms with van der Waals surface area (Å²) in [5.74, 6) is -3.37. The van der Waals surface area contributed by atoms with Gasteiger partial charge in [0.25, 0.3) is 35.2 Å². The molecule has 2 saturated heterocycles. The molecule has 0 saturated carbocycles. The van der Waals surface area contributed by atoms with Gasteiger partial charge in [-0.15, -0.1) is 0 Å². The molecule has 0 atom stereocenters. The number of halogens is 2. The normalized spacial score (nSPS) is 21.9. The van der Waals surface area contributed by atoms with Gasteiger partial charge >= 0.3 is 0 Å². The Bertz CT molecular complexity index is 2470. The summed E-state index contributed by atoms with van der Waals surface area (Å²) in [7, 11) is -1.95. The van der Waals surface area contributed by atoms with Gasteiger partial charge in [0.15, 0.2) is 0 Å². The molecule has 328 valence electrons. The summed E-state index contributed by atoms with van der Waals surface area (Å²) in [6.07, 6.45) is 2.69. The lowest BCUT2D eigenvalue weighted by Gasteiger charge is -2.37. The number of carbonyl (C=O) groups excluding carboxylic acids is 6. The Kier molecular flexibility index (Phi) is 12.1. The minimum atomic E-state index is -0.974. The Morgan fingerprint density at radius 1 is 0.597 bits per heavy atom. The second-order valence-corrected chi connectivity index (χ2v) is 20.0. The smallest absolute Gasteiger partial charge is 0.292 e. The highest BCUT2D eigenvalue weighted by Gasteiger charge is 2.43. The van der Waals surface area contributed by atoms with E-state index in [0.717, 1.165) is 12.8 Å². The molecule has 4 N–H and O–H groups in total. The molecule has 0 aliphatic carbocycles. The first-order valence-corrected chi connectivity index (χ1v) is 23.2. The summed E-state index contributed by atoms with van der Waals surface area (Å²) in [5, 5.41) is 10.8. The van der Waals surface area contributed by atoms with Gasteiger partial charge in [0.1, 0.15) is 23.0 Å². The molecule has 4 aliphatic rings. The van der Waals surface area contributed by atoms with Crippen LogP contribution in [0.4, 0.5) is 20.2 Å². The SMILES string of the molecule is Cc1ccc(NC(=O)c2c(C)c(C(=O)C(=O)NC3(C)CS(=O)C3)c3n2CCC3)cc1F.Cc1ccc(NC(=O)c2c(C)c(C(=O)C(=O)NC3(C)CS(=O)C3)c3n2CCC3)cc1F. The number of Topliss-reactive ketones (excluding diaryl/α,β-unsaturated/α-hetero) is 2. The molecule has 6 heterocycles. The molecule has 2 fully saturated rings.